The molecule has 1 heterocycles. The number of carbonyl (C=O) groups is 1. The Morgan fingerprint density at radius 2 is 1.83 bits per heavy atom. The molecule has 0 atom stereocenters. The van der Waals surface area contributed by atoms with Crippen molar-refractivity contribution in [3.8, 4) is 0 Å². The number of guanidine groups is 1. The number of aryl methyl sites for hydroxylation is 2. The molecule has 160 valence electrons. The van der Waals surface area contributed by atoms with Crippen LogP contribution in [-0.4, -0.2) is 60.8 Å². The van der Waals surface area contributed by atoms with Crippen LogP contribution in [0.25, 0.3) is 0 Å². The highest BCUT2D eigenvalue weighted by Crippen LogP contribution is 2.12. The topological polar surface area (TPSA) is 74.6 Å². The Morgan fingerprint density at radius 1 is 1.17 bits per heavy atom. The molecule has 7 nitrogen and oxygen atoms in total. The predicted molar refractivity (Wildman–Crippen MR) is 129 cm³/mol. The highest BCUT2D eigenvalue weighted by Gasteiger charge is 2.10. The molecule has 0 radical (unpaired) electrons. The van der Waals surface area contributed by atoms with Gasteiger partial charge >= 0.3 is 0 Å². The quantitative estimate of drug-likeness (QED) is 0.339. The highest BCUT2D eigenvalue weighted by molar-refractivity contribution is 14.0. The van der Waals surface area contributed by atoms with Crippen molar-refractivity contribution in [1.29, 1.82) is 0 Å². The van der Waals surface area contributed by atoms with Crippen LogP contribution in [0, 0.1) is 13.8 Å². The molecule has 8 heteroatoms. The van der Waals surface area contributed by atoms with Crippen molar-refractivity contribution >= 4 is 35.8 Å². The lowest BCUT2D eigenvalue weighted by Crippen LogP contribution is -2.39. The van der Waals surface area contributed by atoms with Gasteiger partial charge in [0.05, 0.1) is 5.69 Å². The summed E-state index contributed by atoms with van der Waals surface area (Å²) in [6, 6.07) is 7.77. The molecule has 0 spiro atoms. The number of hydrogen-bond acceptors (Lipinski definition) is 3. The number of halogens is 1. The maximum atomic E-state index is 12.1. The molecule has 1 amide bonds. The second kappa shape index (κ2) is 11.8. The van der Waals surface area contributed by atoms with E-state index in [2.05, 4.69) is 27.6 Å². The van der Waals surface area contributed by atoms with Gasteiger partial charge in [-0.15, -0.1) is 24.0 Å². The lowest BCUT2D eigenvalue weighted by atomic mass is 10.1. The minimum absolute atomic E-state index is 0. The first-order valence-electron chi connectivity index (χ1n) is 9.57. The van der Waals surface area contributed by atoms with E-state index in [-0.39, 0.29) is 29.9 Å². The minimum atomic E-state index is 0. The number of rotatable bonds is 7. The van der Waals surface area contributed by atoms with Crippen LogP contribution < -0.4 is 10.6 Å². The lowest BCUT2D eigenvalue weighted by Gasteiger charge is -2.13. The second-order valence-corrected chi connectivity index (χ2v) is 7.10. The molecule has 2 aromatic rings. The van der Waals surface area contributed by atoms with Crippen LogP contribution in [0.5, 0.6) is 0 Å². The number of nitrogens with zero attached hydrogens (tertiary/aromatic N) is 4. The fourth-order valence-corrected chi connectivity index (χ4v) is 3.15. The van der Waals surface area contributed by atoms with Crippen LogP contribution in [0.4, 0.5) is 0 Å². The summed E-state index contributed by atoms with van der Waals surface area (Å²) in [6.45, 7) is 5.67. The Labute approximate surface area is 191 Å². The molecule has 0 aliphatic carbocycles. The van der Waals surface area contributed by atoms with Gasteiger partial charge in [0.25, 0.3) is 5.91 Å². The third-order valence-corrected chi connectivity index (χ3v) is 4.84. The van der Waals surface area contributed by atoms with Crippen molar-refractivity contribution in [3.63, 3.8) is 0 Å². The van der Waals surface area contributed by atoms with E-state index in [1.54, 1.807) is 26.0 Å². The van der Waals surface area contributed by atoms with Gasteiger partial charge in [0.2, 0.25) is 0 Å². The molecule has 0 fully saturated rings. The van der Waals surface area contributed by atoms with Gasteiger partial charge in [0.15, 0.2) is 5.96 Å². The van der Waals surface area contributed by atoms with E-state index in [4.69, 9.17) is 0 Å². The van der Waals surface area contributed by atoms with Gasteiger partial charge in [-0.2, -0.15) is 5.10 Å². The van der Waals surface area contributed by atoms with Crippen molar-refractivity contribution < 1.29 is 4.79 Å². The van der Waals surface area contributed by atoms with E-state index >= 15 is 0 Å². The van der Waals surface area contributed by atoms with Crippen molar-refractivity contribution in [3.05, 3.63) is 52.3 Å². The maximum absolute atomic E-state index is 12.1. The zero-order valence-corrected chi connectivity index (χ0v) is 20.6. The summed E-state index contributed by atoms with van der Waals surface area (Å²) in [7, 11) is 7.27. The first-order valence-corrected chi connectivity index (χ1v) is 9.57. The Kier molecular flexibility index (Phi) is 10.1. The molecule has 2 N–H and O–H groups in total. The molecular weight excluding hydrogens is 479 g/mol. The summed E-state index contributed by atoms with van der Waals surface area (Å²) in [6.07, 6.45) is 1.72. The van der Waals surface area contributed by atoms with Crippen LogP contribution in [0.2, 0.25) is 0 Å². The molecule has 0 saturated heterocycles. The Balaban J connectivity index is 0.00000420. The zero-order valence-electron chi connectivity index (χ0n) is 18.2. The number of aromatic nitrogens is 2. The summed E-state index contributed by atoms with van der Waals surface area (Å²) in [5, 5.41) is 11.1. The van der Waals surface area contributed by atoms with Gasteiger partial charge in [-0.3, -0.25) is 14.5 Å². The van der Waals surface area contributed by atoms with E-state index in [9.17, 15) is 4.79 Å². The smallest absolute Gasteiger partial charge is 0.253 e. The summed E-state index contributed by atoms with van der Waals surface area (Å²) < 4.78 is 1.92. The normalized spacial score (nSPS) is 11.0. The van der Waals surface area contributed by atoms with E-state index in [1.165, 1.54) is 11.3 Å². The van der Waals surface area contributed by atoms with Crippen molar-refractivity contribution in [1.82, 2.24) is 25.3 Å². The molecule has 1 aromatic carbocycles. The van der Waals surface area contributed by atoms with Crippen molar-refractivity contribution in [2.24, 2.45) is 12.0 Å². The standard InChI is InChI=1S/C21H32N6O.HI/c1-15-19(16(2)27(6)25-15)11-13-24-21(22-3)23-12-10-17-8-7-9-18(14-17)20(28)26(4)5;/h7-9,14H,10-13H2,1-6H3,(H2,22,23,24);1H. The molecule has 0 saturated carbocycles. The maximum Gasteiger partial charge on any atom is 0.253 e. The largest absolute Gasteiger partial charge is 0.356 e. The number of carbonyl (C=O) groups excluding carboxylic acids is 1. The van der Waals surface area contributed by atoms with Gasteiger partial charge in [-0.05, 0) is 49.9 Å². The minimum Gasteiger partial charge on any atom is -0.356 e. The summed E-state index contributed by atoms with van der Waals surface area (Å²) >= 11 is 0. The van der Waals surface area contributed by atoms with Gasteiger partial charge < -0.3 is 15.5 Å². The van der Waals surface area contributed by atoms with Crippen LogP contribution in [0.1, 0.15) is 32.9 Å². The summed E-state index contributed by atoms with van der Waals surface area (Å²) in [5.74, 6) is 0.799. The zero-order chi connectivity index (χ0) is 20.7. The number of nitrogens with one attached hydrogen (secondary N) is 2. The molecule has 0 aliphatic rings. The SMILES string of the molecule is CN=C(NCCc1cccc(C(=O)N(C)C)c1)NCCc1c(C)nn(C)c1C.I. The van der Waals surface area contributed by atoms with Gasteiger partial charge in [0.1, 0.15) is 0 Å². The molecule has 0 bridgehead atoms. The first-order chi connectivity index (χ1) is 13.3. The fourth-order valence-electron chi connectivity index (χ4n) is 3.15. The average Bonchev–Trinajstić information content (AvgIpc) is 2.92. The van der Waals surface area contributed by atoms with Crippen molar-refractivity contribution in [2.75, 3.05) is 34.2 Å². The first kappa shape index (κ1) is 24.9. The third kappa shape index (κ3) is 7.02. The summed E-state index contributed by atoms with van der Waals surface area (Å²) in [5.41, 5.74) is 5.41. The summed E-state index contributed by atoms with van der Waals surface area (Å²) in [4.78, 5) is 18.0. The van der Waals surface area contributed by atoms with Crippen molar-refractivity contribution in [2.45, 2.75) is 26.7 Å². The number of aliphatic imine (C=N–C) groups is 1. The molecule has 2 rings (SSSR count). The molecule has 0 aliphatic heterocycles. The van der Waals surface area contributed by atoms with Crippen LogP contribution in [-0.2, 0) is 19.9 Å². The Hall–Kier alpha value is -2.10. The molecule has 29 heavy (non-hydrogen) atoms. The lowest BCUT2D eigenvalue weighted by molar-refractivity contribution is 0.0827. The van der Waals surface area contributed by atoms with Gasteiger partial charge in [-0.1, -0.05) is 12.1 Å². The molecule has 0 unspecified atom stereocenters. The second-order valence-electron chi connectivity index (χ2n) is 7.10. The van der Waals surface area contributed by atoms with E-state index < -0.39 is 0 Å². The Morgan fingerprint density at radius 3 is 2.38 bits per heavy atom. The average molecular weight is 512 g/mol. The fraction of sp³-hybridized carbons (Fsp3) is 0.476. The van der Waals surface area contributed by atoms with Crippen LogP contribution in [0.15, 0.2) is 29.3 Å². The van der Waals surface area contributed by atoms with E-state index in [0.29, 0.717) is 5.56 Å². The van der Waals surface area contributed by atoms with E-state index in [0.717, 1.165) is 43.1 Å². The molecule has 1 aromatic heterocycles. The number of benzene rings is 1. The van der Waals surface area contributed by atoms with Gasteiger partial charge in [0, 0.05) is 52.5 Å². The highest BCUT2D eigenvalue weighted by atomic mass is 127. The van der Waals surface area contributed by atoms with Crippen LogP contribution in [0.3, 0.4) is 0 Å². The van der Waals surface area contributed by atoms with Crippen LogP contribution >= 0.6 is 24.0 Å². The predicted octanol–water partition coefficient (Wildman–Crippen LogP) is 2.31. The molecular formula is C21H33IN6O. The number of amides is 1. The monoisotopic (exact) mass is 512 g/mol. The number of hydrogen-bond donors (Lipinski definition) is 2. The van der Waals surface area contributed by atoms with Gasteiger partial charge in [-0.25, -0.2) is 0 Å². The van der Waals surface area contributed by atoms with E-state index in [1.807, 2.05) is 42.9 Å². The third-order valence-electron chi connectivity index (χ3n) is 4.84. The Bertz CT molecular complexity index is 844.